The Bertz CT molecular complexity index is 660. The number of hydrogen-bond donors (Lipinski definition) is 1. The van der Waals surface area contributed by atoms with Crippen molar-refractivity contribution in [2.24, 2.45) is 0 Å². The number of benzene rings is 2. The zero-order valence-corrected chi connectivity index (χ0v) is 12.4. The fraction of sp³-hybridized carbons (Fsp3) is 0.188. The fourth-order valence-corrected chi connectivity index (χ4v) is 2.19. The Labute approximate surface area is 127 Å². The van der Waals surface area contributed by atoms with Crippen LogP contribution in [0.15, 0.2) is 42.5 Å². The summed E-state index contributed by atoms with van der Waals surface area (Å²) in [6.45, 7) is 1.82. The van der Waals surface area contributed by atoms with E-state index in [0.29, 0.717) is 21.8 Å². The molecule has 2 aromatic carbocycles. The third-order valence-corrected chi connectivity index (χ3v) is 3.46. The van der Waals surface area contributed by atoms with Gasteiger partial charge in [-0.25, -0.2) is 9.18 Å². The first kappa shape index (κ1) is 15.3. The van der Waals surface area contributed by atoms with Crippen molar-refractivity contribution in [1.82, 2.24) is 0 Å². The molecule has 2 rings (SSSR count). The van der Waals surface area contributed by atoms with E-state index in [1.165, 1.54) is 13.2 Å². The van der Waals surface area contributed by atoms with Crippen LogP contribution in [-0.4, -0.2) is 13.1 Å². The summed E-state index contributed by atoms with van der Waals surface area (Å²) >= 11 is 6.11. The van der Waals surface area contributed by atoms with E-state index < -0.39 is 5.97 Å². The van der Waals surface area contributed by atoms with Gasteiger partial charge in [0.05, 0.1) is 29.4 Å². The first-order chi connectivity index (χ1) is 10.0. The maximum atomic E-state index is 13.8. The average Bonchev–Trinajstić information content (AvgIpc) is 2.49. The molecule has 0 aliphatic carbocycles. The second-order valence-electron chi connectivity index (χ2n) is 4.57. The fourth-order valence-electron chi connectivity index (χ4n) is 2.02. The van der Waals surface area contributed by atoms with E-state index in [9.17, 15) is 9.18 Å². The molecule has 1 atom stereocenters. The lowest BCUT2D eigenvalue weighted by Crippen LogP contribution is -2.10. The molecule has 0 heterocycles. The topological polar surface area (TPSA) is 38.3 Å². The van der Waals surface area contributed by atoms with E-state index in [4.69, 9.17) is 11.6 Å². The van der Waals surface area contributed by atoms with Crippen molar-refractivity contribution in [3.8, 4) is 0 Å². The van der Waals surface area contributed by atoms with E-state index in [1.807, 2.05) is 6.92 Å². The summed E-state index contributed by atoms with van der Waals surface area (Å²) in [6, 6.07) is 11.0. The third kappa shape index (κ3) is 3.52. The highest BCUT2D eigenvalue weighted by Crippen LogP contribution is 2.28. The maximum Gasteiger partial charge on any atom is 0.337 e. The number of esters is 1. The lowest BCUT2D eigenvalue weighted by molar-refractivity contribution is 0.0601. The van der Waals surface area contributed by atoms with Crippen LogP contribution in [0.2, 0.25) is 5.02 Å². The van der Waals surface area contributed by atoms with Gasteiger partial charge in [0.2, 0.25) is 0 Å². The number of carbonyl (C=O) groups excluding carboxylic acids is 1. The normalized spacial score (nSPS) is 11.8. The zero-order chi connectivity index (χ0) is 15.4. The van der Waals surface area contributed by atoms with Crippen molar-refractivity contribution in [2.45, 2.75) is 13.0 Å². The standard InChI is InChI=1S/C16H15ClFNO2/c1-10(12-5-3-4-6-14(12)18)19-15-9-11(16(20)21-2)7-8-13(15)17/h3-10,19H,1-2H3. The zero-order valence-electron chi connectivity index (χ0n) is 11.7. The van der Waals surface area contributed by atoms with Gasteiger partial charge >= 0.3 is 5.97 Å². The number of anilines is 1. The molecule has 3 nitrogen and oxygen atoms in total. The lowest BCUT2D eigenvalue weighted by Gasteiger charge is -2.18. The number of hydrogen-bond acceptors (Lipinski definition) is 3. The highest BCUT2D eigenvalue weighted by atomic mass is 35.5. The molecule has 110 valence electrons. The summed E-state index contributed by atoms with van der Waals surface area (Å²) in [5, 5.41) is 3.56. The summed E-state index contributed by atoms with van der Waals surface area (Å²) < 4.78 is 18.4. The minimum atomic E-state index is -0.451. The number of ether oxygens (including phenoxy) is 1. The van der Waals surface area contributed by atoms with Crippen molar-refractivity contribution in [3.05, 3.63) is 64.4 Å². The molecule has 0 saturated heterocycles. The van der Waals surface area contributed by atoms with Gasteiger partial charge in [-0.15, -0.1) is 0 Å². The quantitative estimate of drug-likeness (QED) is 0.849. The smallest absolute Gasteiger partial charge is 0.337 e. The van der Waals surface area contributed by atoms with Gasteiger partial charge in [-0.3, -0.25) is 0 Å². The van der Waals surface area contributed by atoms with Gasteiger partial charge in [0.15, 0.2) is 0 Å². The summed E-state index contributed by atoms with van der Waals surface area (Å²) in [5.41, 5.74) is 1.46. The second kappa shape index (κ2) is 6.59. The number of methoxy groups -OCH3 is 1. The molecule has 0 aromatic heterocycles. The Morgan fingerprint density at radius 3 is 2.67 bits per heavy atom. The number of nitrogens with one attached hydrogen (secondary N) is 1. The molecular formula is C16H15ClFNO2. The number of carbonyl (C=O) groups is 1. The Hall–Kier alpha value is -2.07. The van der Waals surface area contributed by atoms with Gasteiger partial charge in [0.25, 0.3) is 0 Å². The Kier molecular flexibility index (Phi) is 4.81. The van der Waals surface area contributed by atoms with Crippen LogP contribution < -0.4 is 5.32 Å². The summed E-state index contributed by atoms with van der Waals surface area (Å²) in [5.74, 6) is -0.744. The summed E-state index contributed by atoms with van der Waals surface area (Å²) in [6.07, 6.45) is 0. The van der Waals surface area contributed by atoms with Crippen LogP contribution in [0.5, 0.6) is 0 Å². The van der Waals surface area contributed by atoms with Crippen molar-refractivity contribution < 1.29 is 13.9 Å². The van der Waals surface area contributed by atoms with Crippen molar-refractivity contribution in [1.29, 1.82) is 0 Å². The van der Waals surface area contributed by atoms with Crippen LogP contribution >= 0.6 is 11.6 Å². The molecule has 0 fully saturated rings. The average molecular weight is 308 g/mol. The minimum absolute atomic E-state index is 0.294. The predicted octanol–water partition coefficient (Wildman–Crippen LogP) is 4.44. The largest absolute Gasteiger partial charge is 0.465 e. The van der Waals surface area contributed by atoms with E-state index in [0.717, 1.165) is 0 Å². The molecule has 0 aliphatic rings. The molecule has 2 aromatic rings. The molecule has 21 heavy (non-hydrogen) atoms. The van der Waals surface area contributed by atoms with E-state index >= 15 is 0 Å². The molecule has 5 heteroatoms. The van der Waals surface area contributed by atoms with Crippen LogP contribution in [-0.2, 0) is 4.74 Å². The predicted molar refractivity (Wildman–Crippen MR) is 81.2 cm³/mol. The van der Waals surface area contributed by atoms with Gasteiger partial charge < -0.3 is 10.1 Å². The molecule has 0 bridgehead atoms. The molecule has 0 radical (unpaired) electrons. The SMILES string of the molecule is COC(=O)c1ccc(Cl)c(NC(C)c2ccccc2F)c1. The molecule has 0 aliphatic heterocycles. The highest BCUT2D eigenvalue weighted by molar-refractivity contribution is 6.33. The Balaban J connectivity index is 2.27. The first-order valence-corrected chi connectivity index (χ1v) is 6.79. The van der Waals surface area contributed by atoms with Gasteiger partial charge in [0, 0.05) is 5.56 Å². The molecule has 1 unspecified atom stereocenters. The molecule has 1 N–H and O–H groups in total. The van der Waals surface area contributed by atoms with Crippen LogP contribution in [0, 0.1) is 5.82 Å². The van der Waals surface area contributed by atoms with Crippen molar-refractivity contribution >= 4 is 23.3 Å². The summed E-state index contributed by atoms with van der Waals surface area (Å²) in [4.78, 5) is 11.5. The van der Waals surface area contributed by atoms with Crippen LogP contribution in [0.1, 0.15) is 28.9 Å². The third-order valence-electron chi connectivity index (χ3n) is 3.13. The monoisotopic (exact) mass is 307 g/mol. The Morgan fingerprint density at radius 2 is 2.00 bits per heavy atom. The van der Waals surface area contributed by atoms with E-state index in [1.54, 1.807) is 36.4 Å². The van der Waals surface area contributed by atoms with Crippen molar-refractivity contribution in [2.75, 3.05) is 12.4 Å². The van der Waals surface area contributed by atoms with Crippen molar-refractivity contribution in [3.63, 3.8) is 0 Å². The minimum Gasteiger partial charge on any atom is -0.465 e. The number of halogens is 2. The number of rotatable bonds is 4. The highest BCUT2D eigenvalue weighted by Gasteiger charge is 2.14. The molecule has 0 saturated carbocycles. The van der Waals surface area contributed by atoms with Gasteiger partial charge in [-0.1, -0.05) is 29.8 Å². The molecule has 0 spiro atoms. The van der Waals surface area contributed by atoms with Gasteiger partial charge in [-0.2, -0.15) is 0 Å². The molecular weight excluding hydrogens is 293 g/mol. The van der Waals surface area contributed by atoms with Crippen LogP contribution in [0.25, 0.3) is 0 Å². The Morgan fingerprint density at radius 1 is 1.29 bits per heavy atom. The maximum absolute atomic E-state index is 13.8. The first-order valence-electron chi connectivity index (χ1n) is 6.41. The lowest BCUT2D eigenvalue weighted by atomic mass is 10.1. The molecule has 0 amide bonds. The van der Waals surface area contributed by atoms with E-state index in [2.05, 4.69) is 10.1 Å². The van der Waals surface area contributed by atoms with Crippen LogP contribution in [0.3, 0.4) is 0 Å². The second-order valence-corrected chi connectivity index (χ2v) is 4.98. The summed E-state index contributed by atoms with van der Waals surface area (Å²) in [7, 11) is 1.31. The van der Waals surface area contributed by atoms with Gasteiger partial charge in [0.1, 0.15) is 5.82 Å². The van der Waals surface area contributed by atoms with Gasteiger partial charge in [-0.05, 0) is 31.2 Å². The van der Waals surface area contributed by atoms with E-state index in [-0.39, 0.29) is 11.9 Å². The van der Waals surface area contributed by atoms with Crippen LogP contribution in [0.4, 0.5) is 10.1 Å².